The average Bonchev–Trinajstić information content (AvgIpc) is 3.06. The molecule has 1 aliphatic rings. The number of carbonyl (C=O) groups is 2. The second-order valence-corrected chi connectivity index (χ2v) is 7.12. The van der Waals surface area contributed by atoms with Gasteiger partial charge in [0, 0.05) is 0 Å². The Morgan fingerprint density at radius 2 is 2.08 bits per heavy atom. The van der Waals surface area contributed by atoms with E-state index in [9.17, 15) is 18.0 Å². The number of ether oxygens (including phenoxy) is 2. The summed E-state index contributed by atoms with van der Waals surface area (Å²) in [5.41, 5.74) is 2.27. The van der Waals surface area contributed by atoms with Crippen LogP contribution in [0.1, 0.15) is 16.6 Å². The number of rotatable bonds is 4. The number of urea groups is 1. The minimum absolute atomic E-state index is 0.125. The lowest BCUT2D eigenvalue weighted by atomic mass is 10.5. The summed E-state index contributed by atoms with van der Waals surface area (Å²) < 4.78 is 35.8. The number of hydrogen-bond donors (Lipinski definition) is 2. The number of thiophene rings is 1. The summed E-state index contributed by atoms with van der Waals surface area (Å²) in [6.07, 6.45) is 0.667. The molecule has 0 saturated heterocycles. The number of esters is 1. The largest absolute Gasteiger partial charge is 0.467 e. The van der Waals surface area contributed by atoms with E-state index in [4.69, 9.17) is 4.74 Å². The van der Waals surface area contributed by atoms with Gasteiger partial charge in [0.05, 0.1) is 14.2 Å². The van der Waals surface area contributed by atoms with Crippen molar-refractivity contribution in [2.24, 2.45) is 9.98 Å². The standard InChI is InChI=1S/C12H15N5O6S2/c1-7-14-12(23-3)13-6-17(7)15-11(19)16-25(20,21)8-4-5-24-9(8)10(18)22-2/h4-7H,1-3H3,(H2,15,16,19). The van der Waals surface area contributed by atoms with Gasteiger partial charge in [-0.1, -0.05) is 0 Å². The molecule has 136 valence electrons. The van der Waals surface area contributed by atoms with Crippen molar-refractivity contribution >= 4 is 45.7 Å². The molecule has 0 aliphatic carbocycles. The molecular formula is C12H15N5O6S2. The molecule has 11 nitrogen and oxygen atoms in total. The topological polar surface area (TPSA) is 139 Å². The predicted octanol–water partition coefficient (Wildman–Crippen LogP) is 0.130. The van der Waals surface area contributed by atoms with Crippen LogP contribution >= 0.6 is 11.3 Å². The van der Waals surface area contributed by atoms with Crippen LogP contribution in [0, 0.1) is 0 Å². The number of hydrazine groups is 1. The number of carbonyl (C=O) groups excluding carboxylic acids is 2. The van der Waals surface area contributed by atoms with E-state index in [1.165, 1.54) is 29.9 Å². The minimum Gasteiger partial charge on any atom is -0.467 e. The quantitative estimate of drug-likeness (QED) is 0.698. The number of amides is 2. The van der Waals surface area contributed by atoms with Gasteiger partial charge in [-0.05, 0) is 18.4 Å². The molecule has 2 rings (SSSR count). The first-order valence-electron chi connectivity index (χ1n) is 6.72. The van der Waals surface area contributed by atoms with Crippen LogP contribution < -0.4 is 10.1 Å². The molecule has 0 saturated carbocycles. The number of aliphatic imine (C=N–C) groups is 2. The molecule has 0 bridgehead atoms. The van der Waals surface area contributed by atoms with Crippen molar-refractivity contribution in [1.29, 1.82) is 0 Å². The van der Waals surface area contributed by atoms with Crippen molar-refractivity contribution in [1.82, 2.24) is 15.2 Å². The predicted molar refractivity (Wildman–Crippen MR) is 88.7 cm³/mol. The Bertz CT molecular complexity index is 831. The zero-order chi connectivity index (χ0) is 18.6. The maximum atomic E-state index is 12.3. The summed E-state index contributed by atoms with van der Waals surface area (Å²) in [6.45, 7) is 1.63. The van der Waals surface area contributed by atoms with Gasteiger partial charge in [-0.25, -0.2) is 38.2 Å². The van der Waals surface area contributed by atoms with E-state index in [0.717, 1.165) is 18.4 Å². The van der Waals surface area contributed by atoms with E-state index in [1.807, 2.05) is 4.72 Å². The van der Waals surface area contributed by atoms with Gasteiger partial charge in [0.15, 0.2) is 0 Å². The molecule has 1 atom stereocenters. The summed E-state index contributed by atoms with van der Waals surface area (Å²) in [6, 6.07) is 0.281. The molecule has 0 radical (unpaired) electrons. The first-order valence-corrected chi connectivity index (χ1v) is 9.08. The zero-order valence-electron chi connectivity index (χ0n) is 13.4. The van der Waals surface area contributed by atoms with Crippen molar-refractivity contribution in [2.45, 2.75) is 18.0 Å². The molecule has 0 aromatic carbocycles. The first-order chi connectivity index (χ1) is 11.8. The number of nitrogens with one attached hydrogen (secondary N) is 2. The van der Waals surface area contributed by atoms with Crippen molar-refractivity contribution in [3.8, 4) is 0 Å². The number of amidine groups is 1. The van der Waals surface area contributed by atoms with E-state index in [1.54, 1.807) is 6.92 Å². The Morgan fingerprint density at radius 3 is 2.68 bits per heavy atom. The number of hydrogen-bond acceptors (Lipinski definition) is 10. The molecule has 1 unspecified atom stereocenters. The van der Waals surface area contributed by atoms with Crippen LogP contribution in [0.4, 0.5) is 4.79 Å². The van der Waals surface area contributed by atoms with Gasteiger partial charge in [-0.15, -0.1) is 11.3 Å². The second-order valence-electron chi connectivity index (χ2n) is 4.55. The lowest BCUT2D eigenvalue weighted by Crippen LogP contribution is -2.52. The van der Waals surface area contributed by atoms with Gasteiger partial charge in [-0.2, -0.15) is 4.99 Å². The normalized spacial score (nSPS) is 16.8. The van der Waals surface area contributed by atoms with E-state index < -0.39 is 28.2 Å². The Labute approximate surface area is 147 Å². The van der Waals surface area contributed by atoms with E-state index in [2.05, 4.69) is 20.1 Å². The number of sulfonamides is 1. The third-order valence-electron chi connectivity index (χ3n) is 2.92. The summed E-state index contributed by atoms with van der Waals surface area (Å²) in [7, 11) is -1.75. The molecule has 1 aromatic rings. The molecule has 0 spiro atoms. The van der Waals surface area contributed by atoms with Crippen LogP contribution in [-0.4, -0.2) is 58.2 Å². The van der Waals surface area contributed by atoms with Gasteiger partial charge >= 0.3 is 18.0 Å². The SMILES string of the molecule is COC(=O)c1sccc1S(=O)(=O)NC(=O)NN1C=NC(OC)=NC1C. The Balaban J connectivity index is 2.08. The Morgan fingerprint density at radius 1 is 1.36 bits per heavy atom. The second kappa shape index (κ2) is 7.48. The third-order valence-corrected chi connectivity index (χ3v) is 5.32. The molecule has 2 heterocycles. The van der Waals surface area contributed by atoms with Gasteiger partial charge in [-0.3, -0.25) is 0 Å². The molecule has 2 amide bonds. The average molecular weight is 389 g/mol. The van der Waals surface area contributed by atoms with Crippen molar-refractivity contribution < 1.29 is 27.5 Å². The molecule has 13 heteroatoms. The fraction of sp³-hybridized carbons (Fsp3) is 0.333. The number of methoxy groups -OCH3 is 2. The van der Waals surface area contributed by atoms with Crippen LogP contribution in [0.2, 0.25) is 0 Å². The fourth-order valence-electron chi connectivity index (χ4n) is 1.76. The summed E-state index contributed by atoms with van der Waals surface area (Å²) in [4.78, 5) is 30.9. The zero-order valence-corrected chi connectivity index (χ0v) is 15.1. The lowest BCUT2D eigenvalue weighted by molar-refractivity contribution is 0.0602. The van der Waals surface area contributed by atoms with E-state index in [0.29, 0.717) is 0 Å². The summed E-state index contributed by atoms with van der Waals surface area (Å²) in [5.74, 6) is -0.811. The molecular weight excluding hydrogens is 374 g/mol. The van der Waals surface area contributed by atoms with Crippen LogP contribution in [0.3, 0.4) is 0 Å². The minimum atomic E-state index is -4.27. The van der Waals surface area contributed by atoms with Crippen LogP contribution in [0.5, 0.6) is 0 Å². The molecule has 1 aromatic heterocycles. The summed E-state index contributed by atoms with van der Waals surface area (Å²) >= 11 is 0.886. The molecule has 0 fully saturated rings. The van der Waals surface area contributed by atoms with Gasteiger partial charge in [0.25, 0.3) is 10.0 Å². The third kappa shape index (κ3) is 4.24. The highest BCUT2D eigenvalue weighted by Gasteiger charge is 2.27. The van der Waals surface area contributed by atoms with Crippen molar-refractivity contribution in [3.63, 3.8) is 0 Å². The summed E-state index contributed by atoms with van der Waals surface area (Å²) in [5, 5.41) is 2.58. The smallest absolute Gasteiger partial charge is 0.349 e. The van der Waals surface area contributed by atoms with Crippen molar-refractivity contribution in [3.05, 3.63) is 16.3 Å². The molecule has 1 aliphatic heterocycles. The van der Waals surface area contributed by atoms with Crippen LogP contribution in [0.15, 0.2) is 26.3 Å². The highest BCUT2D eigenvalue weighted by Crippen LogP contribution is 2.22. The lowest BCUT2D eigenvalue weighted by Gasteiger charge is -2.26. The molecule has 25 heavy (non-hydrogen) atoms. The maximum Gasteiger partial charge on any atom is 0.349 e. The monoisotopic (exact) mass is 389 g/mol. The van der Waals surface area contributed by atoms with Gasteiger partial charge in [0.1, 0.15) is 22.3 Å². The van der Waals surface area contributed by atoms with Crippen LogP contribution in [0.25, 0.3) is 0 Å². The van der Waals surface area contributed by atoms with Gasteiger partial charge < -0.3 is 9.47 Å². The fourth-order valence-corrected chi connectivity index (χ4v) is 4.00. The van der Waals surface area contributed by atoms with Crippen LogP contribution in [-0.2, 0) is 19.5 Å². The van der Waals surface area contributed by atoms with E-state index in [-0.39, 0.29) is 15.8 Å². The highest BCUT2D eigenvalue weighted by molar-refractivity contribution is 7.90. The Kier molecular flexibility index (Phi) is 5.58. The highest BCUT2D eigenvalue weighted by atomic mass is 32.2. The maximum absolute atomic E-state index is 12.3. The van der Waals surface area contributed by atoms with E-state index >= 15 is 0 Å². The Hall–Kier alpha value is -2.67. The van der Waals surface area contributed by atoms with Gasteiger partial charge in [0.2, 0.25) is 0 Å². The number of nitrogens with zero attached hydrogens (tertiary/aromatic N) is 3. The first kappa shape index (κ1) is 18.7. The molecule has 2 N–H and O–H groups in total. The van der Waals surface area contributed by atoms with Crippen molar-refractivity contribution in [2.75, 3.05) is 14.2 Å².